The lowest BCUT2D eigenvalue weighted by Gasteiger charge is -2.33. The Balaban J connectivity index is 0.00000144. The average molecular weight is 279 g/mol. The number of nitrogens with zero attached hydrogens (tertiary/aromatic N) is 1. The zero-order valence-electron chi connectivity index (χ0n) is 9.75. The van der Waals surface area contributed by atoms with Crippen molar-refractivity contribution >= 4 is 24.0 Å². The van der Waals surface area contributed by atoms with Crippen LogP contribution in [0.3, 0.4) is 0 Å². The van der Waals surface area contributed by atoms with Gasteiger partial charge >= 0.3 is 0 Å². The van der Waals surface area contributed by atoms with Crippen LogP contribution in [0.15, 0.2) is 18.2 Å². The van der Waals surface area contributed by atoms with Crippen LogP contribution < -0.4 is 5.32 Å². The van der Waals surface area contributed by atoms with Crippen molar-refractivity contribution in [2.75, 3.05) is 19.6 Å². The fourth-order valence-electron chi connectivity index (χ4n) is 1.99. The molecule has 1 atom stereocenters. The van der Waals surface area contributed by atoms with E-state index < -0.39 is 0 Å². The van der Waals surface area contributed by atoms with E-state index in [0.717, 1.165) is 25.2 Å². The maximum Gasteiger partial charge on any atom is 0.129 e. The van der Waals surface area contributed by atoms with E-state index in [1.807, 2.05) is 0 Å². The first-order valence-corrected chi connectivity index (χ1v) is 5.93. The molecule has 2 rings (SSSR count). The van der Waals surface area contributed by atoms with Crippen molar-refractivity contribution in [2.45, 2.75) is 19.5 Å². The third-order valence-corrected chi connectivity index (χ3v) is 3.26. The lowest BCUT2D eigenvalue weighted by atomic mass is 10.1. The van der Waals surface area contributed by atoms with Gasteiger partial charge in [-0.15, -0.1) is 12.4 Å². The van der Waals surface area contributed by atoms with Gasteiger partial charge in [-0.1, -0.05) is 17.7 Å². The van der Waals surface area contributed by atoms with Gasteiger partial charge in [0.2, 0.25) is 0 Å². The summed E-state index contributed by atoms with van der Waals surface area (Å²) in [5.74, 6) is -0.210. The molecule has 1 aliphatic heterocycles. The molecule has 0 saturated carbocycles. The van der Waals surface area contributed by atoms with Gasteiger partial charge in [0.15, 0.2) is 0 Å². The third-order valence-electron chi connectivity index (χ3n) is 3.03. The monoisotopic (exact) mass is 278 g/mol. The Morgan fingerprint density at radius 3 is 2.94 bits per heavy atom. The second-order valence-corrected chi connectivity index (χ2v) is 4.70. The van der Waals surface area contributed by atoms with Gasteiger partial charge in [-0.3, -0.25) is 4.90 Å². The van der Waals surface area contributed by atoms with Gasteiger partial charge in [0, 0.05) is 42.8 Å². The Labute approximate surface area is 113 Å². The topological polar surface area (TPSA) is 15.3 Å². The van der Waals surface area contributed by atoms with Crippen LogP contribution >= 0.6 is 24.0 Å². The summed E-state index contributed by atoms with van der Waals surface area (Å²) in [6.07, 6.45) is 0. The zero-order valence-corrected chi connectivity index (χ0v) is 11.3. The number of hydrogen-bond acceptors (Lipinski definition) is 2. The van der Waals surface area contributed by atoms with E-state index in [1.54, 1.807) is 12.1 Å². The van der Waals surface area contributed by atoms with Crippen LogP contribution in [0, 0.1) is 5.82 Å². The number of piperazine rings is 1. The number of halogens is 3. The van der Waals surface area contributed by atoms with Gasteiger partial charge in [0.1, 0.15) is 5.82 Å². The molecule has 1 aromatic rings. The highest BCUT2D eigenvalue weighted by Gasteiger charge is 2.18. The molecule has 1 fully saturated rings. The highest BCUT2D eigenvalue weighted by atomic mass is 35.5. The van der Waals surface area contributed by atoms with Crippen molar-refractivity contribution in [1.82, 2.24) is 10.2 Å². The van der Waals surface area contributed by atoms with Gasteiger partial charge in [-0.2, -0.15) is 0 Å². The Hall–Kier alpha value is -0.350. The lowest BCUT2D eigenvalue weighted by molar-refractivity contribution is 0.164. The summed E-state index contributed by atoms with van der Waals surface area (Å²) >= 11 is 5.72. The van der Waals surface area contributed by atoms with Gasteiger partial charge in [-0.05, 0) is 19.1 Å². The smallest absolute Gasteiger partial charge is 0.129 e. The fourth-order valence-corrected chi connectivity index (χ4v) is 2.15. The van der Waals surface area contributed by atoms with Gasteiger partial charge in [-0.25, -0.2) is 4.39 Å². The van der Waals surface area contributed by atoms with Gasteiger partial charge in [0.05, 0.1) is 0 Å². The summed E-state index contributed by atoms with van der Waals surface area (Å²) in [7, 11) is 0. The van der Waals surface area contributed by atoms with E-state index in [2.05, 4.69) is 17.1 Å². The summed E-state index contributed by atoms with van der Waals surface area (Å²) in [5, 5.41) is 3.77. The van der Waals surface area contributed by atoms with E-state index in [0.29, 0.717) is 17.6 Å². The van der Waals surface area contributed by atoms with E-state index >= 15 is 0 Å². The highest BCUT2D eigenvalue weighted by Crippen LogP contribution is 2.17. The molecule has 0 aromatic heterocycles. The summed E-state index contributed by atoms with van der Waals surface area (Å²) in [5.41, 5.74) is 0.721. The van der Waals surface area contributed by atoms with Crippen LogP contribution in [0.1, 0.15) is 12.5 Å². The number of nitrogens with one attached hydrogen (secondary N) is 1. The minimum atomic E-state index is -0.210. The molecule has 1 heterocycles. The number of rotatable bonds is 2. The van der Waals surface area contributed by atoms with Gasteiger partial charge in [0.25, 0.3) is 0 Å². The first-order valence-electron chi connectivity index (χ1n) is 5.55. The van der Waals surface area contributed by atoms with Crippen molar-refractivity contribution in [3.05, 3.63) is 34.6 Å². The molecule has 2 nitrogen and oxygen atoms in total. The molecular formula is C12H17Cl2FN2. The van der Waals surface area contributed by atoms with Crippen LogP contribution in [-0.4, -0.2) is 30.6 Å². The third kappa shape index (κ3) is 3.81. The maximum atomic E-state index is 13.6. The van der Waals surface area contributed by atoms with Crippen molar-refractivity contribution in [1.29, 1.82) is 0 Å². The minimum Gasteiger partial charge on any atom is -0.314 e. The normalized spacial score (nSPS) is 21.0. The lowest BCUT2D eigenvalue weighted by Crippen LogP contribution is -2.49. The first-order chi connectivity index (χ1) is 7.66. The average Bonchev–Trinajstić information content (AvgIpc) is 2.25. The van der Waals surface area contributed by atoms with Crippen molar-refractivity contribution in [3.63, 3.8) is 0 Å². The van der Waals surface area contributed by atoms with E-state index in [1.165, 1.54) is 6.07 Å². The maximum absolute atomic E-state index is 13.6. The molecule has 0 bridgehead atoms. The first kappa shape index (κ1) is 14.7. The molecule has 0 amide bonds. The zero-order chi connectivity index (χ0) is 11.5. The second kappa shape index (κ2) is 6.55. The van der Waals surface area contributed by atoms with E-state index in [4.69, 9.17) is 11.6 Å². The number of hydrogen-bond donors (Lipinski definition) is 1. The summed E-state index contributed by atoms with van der Waals surface area (Å²) < 4.78 is 13.6. The Morgan fingerprint density at radius 1 is 1.53 bits per heavy atom. The largest absolute Gasteiger partial charge is 0.314 e. The molecule has 0 spiro atoms. The second-order valence-electron chi connectivity index (χ2n) is 4.26. The van der Waals surface area contributed by atoms with E-state index in [9.17, 15) is 4.39 Å². The molecule has 0 aliphatic carbocycles. The highest BCUT2D eigenvalue weighted by molar-refractivity contribution is 6.30. The van der Waals surface area contributed by atoms with Crippen molar-refractivity contribution in [2.24, 2.45) is 0 Å². The molecule has 17 heavy (non-hydrogen) atoms. The van der Waals surface area contributed by atoms with Crippen molar-refractivity contribution in [3.8, 4) is 0 Å². The molecule has 1 N–H and O–H groups in total. The molecule has 1 saturated heterocycles. The molecule has 1 aliphatic rings. The predicted molar refractivity (Wildman–Crippen MR) is 71.4 cm³/mol. The molecule has 0 radical (unpaired) electrons. The Bertz CT molecular complexity index is 374. The van der Waals surface area contributed by atoms with E-state index in [-0.39, 0.29) is 18.2 Å². The quantitative estimate of drug-likeness (QED) is 0.895. The van der Waals surface area contributed by atoms with Gasteiger partial charge < -0.3 is 5.32 Å². The van der Waals surface area contributed by atoms with Crippen LogP contribution in [0.25, 0.3) is 0 Å². The van der Waals surface area contributed by atoms with Crippen LogP contribution in [0.5, 0.6) is 0 Å². The Morgan fingerprint density at radius 2 is 2.29 bits per heavy atom. The molecule has 1 aromatic carbocycles. The van der Waals surface area contributed by atoms with Crippen LogP contribution in [-0.2, 0) is 6.54 Å². The summed E-state index contributed by atoms with van der Waals surface area (Å²) in [6.45, 7) is 5.71. The Kier molecular flexibility index (Phi) is 5.67. The fraction of sp³-hybridized carbons (Fsp3) is 0.500. The predicted octanol–water partition coefficient (Wildman–Crippen LogP) is 2.69. The molecule has 0 unspecified atom stereocenters. The summed E-state index contributed by atoms with van der Waals surface area (Å²) in [4.78, 5) is 2.28. The molecule has 5 heteroatoms. The van der Waals surface area contributed by atoms with Crippen LogP contribution in [0.4, 0.5) is 4.39 Å². The summed E-state index contributed by atoms with van der Waals surface area (Å²) in [6, 6.07) is 5.34. The number of benzene rings is 1. The van der Waals surface area contributed by atoms with Crippen LogP contribution in [0.2, 0.25) is 5.02 Å². The standard InChI is InChI=1S/C12H16ClFN2.ClH/c1-9-7-15-4-5-16(9)8-10-2-3-11(13)6-12(10)14;/h2-3,6,9,15H,4-5,7-8H2,1H3;1H/t9-;/m0./s1. The molecular weight excluding hydrogens is 262 g/mol. The molecule has 96 valence electrons. The minimum absolute atomic E-state index is 0. The SMILES string of the molecule is C[C@H]1CNCCN1Cc1ccc(Cl)cc1F.Cl. The van der Waals surface area contributed by atoms with Crippen molar-refractivity contribution < 1.29 is 4.39 Å².